The maximum Gasteiger partial charge on any atom is 0.302 e. The molecular formula is C17H24Br2O3. The second-order valence-electron chi connectivity index (χ2n) is 5.77. The van der Waals surface area contributed by atoms with Crippen molar-refractivity contribution in [3.8, 4) is 0 Å². The normalized spacial score (nSPS) is 22.0. The summed E-state index contributed by atoms with van der Waals surface area (Å²) < 4.78 is 12.0. The van der Waals surface area contributed by atoms with Crippen LogP contribution in [0.25, 0.3) is 0 Å². The Kier molecular flexibility index (Phi) is 9.29. The zero-order valence-electron chi connectivity index (χ0n) is 13.2. The lowest BCUT2D eigenvalue weighted by Gasteiger charge is -2.27. The van der Waals surface area contributed by atoms with Crippen LogP contribution in [0.3, 0.4) is 0 Å². The zero-order valence-corrected chi connectivity index (χ0v) is 16.4. The molecule has 1 unspecified atom stereocenters. The topological polar surface area (TPSA) is 35.5 Å². The standard InChI is InChI=1S/C17H24Br2O3/c1-12(9-13(2)11-21-14(3)20)10-16-6-4-5-15(22-16)7-8-17(18)19/h4-5,8,12,15-16H,2,6-7,9-11H2,1,3H3/t12?,15-,16-/m0/s1. The summed E-state index contributed by atoms with van der Waals surface area (Å²) in [6.45, 7) is 7.89. The van der Waals surface area contributed by atoms with Gasteiger partial charge in [0.05, 0.1) is 15.6 Å². The van der Waals surface area contributed by atoms with Crippen LogP contribution in [-0.4, -0.2) is 24.8 Å². The quantitative estimate of drug-likeness (QED) is 0.385. The molecule has 1 aliphatic rings. The minimum Gasteiger partial charge on any atom is -0.461 e. The number of esters is 1. The molecule has 0 bridgehead atoms. The number of ether oxygens (including phenoxy) is 2. The number of carbonyl (C=O) groups is 1. The predicted octanol–water partition coefficient (Wildman–Crippen LogP) is 5.26. The number of carbonyl (C=O) groups excluding carboxylic acids is 1. The van der Waals surface area contributed by atoms with E-state index in [4.69, 9.17) is 9.47 Å². The third kappa shape index (κ3) is 8.91. The maximum absolute atomic E-state index is 10.8. The zero-order chi connectivity index (χ0) is 16.5. The van der Waals surface area contributed by atoms with Crippen molar-refractivity contribution < 1.29 is 14.3 Å². The second kappa shape index (κ2) is 10.4. The fourth-order valence-electron chi connectivity index (χ4n) is 2.51. The molecule has 5 heteroatoms. The van der Waals surface area contributed by atoms with E-state index >= 15 is 0 Å². The van der Waals surface area contributed by atoms with Crippen LogP contribution >= 0.6 is 31.9 Å². The average molecular weight is 436 g/mol. The van der Waals surface area contributed by atoms with Gasteiger partial charge in [-0.25, -0.2) is 0 Å². The molecule has 22 heavy (non-hydrogen) atoms. The molecule has 0 N–H and O–H groups in total. The summed E-state index contributed by atoms with van der Waals surface area (Å²) >= 11 is 6.72. The van der Waals surface area contributed by atoms with Crippen LogP contribution in [-0.2, 0) is 14.3 Å². The van der Waals surface area contributed by atoms with Gasteiger partial charge in [0.2, 0.25) is 0 Å². The Balaban J connectivity index is 2.33. The first kappa shape index (κ1) is 19.7. The number of hydrogen-bond acceptors (Lipinski definition) is 3. The van der Waals surface area contributed by atoms with E-state index in [1.54, 1.807) is 0 Å². The Morgan fingerprint density at radius 2 is 2.27 bits per heavy atom. The summed E-state index contributed by atoms with van der Waals surface area (Å²) in [5, 5.41) is 0. The van der Waals surface area contributed by atoms with Crippen LogP contribution in [0.2, 0.25) is 0 Å². The highest BCUT2D eigenvalue weighted by Crippen LogP contribution is 2.25. The Bertz CT molecular complexity index is 439. The predicted molar refractivity (Wildman–Crippen MR) is 97.1 cm³/mol. The van der Waals surface area contributed by atoms with Gasteiger partial charge in [-0.2, -0.15) is 0 Å². The fraction of sp³-hybridized carbons (Fsp3) is 0.588. The smallest absolute Gasteiger partial charge is 0.302 e. The van der Waals surface area contributed by atoms with Gasteiger partial charge >= 0.3 is 5.97 Å². The van der Waals surface area contributed by atoms with Crippen molar-refractivity contribution >= 4 is 37.8 Å². The SMILES string of the molecule is C=C(COC(C)=O)CC(C)C[C@@H]1CC=C[C@@H](CC=C(Br)Br)O1. The molecule has 0 aromatic heterocycles. The van der Waals surface area contributed by atoms with Crippen molar-refractivity contribution in [1.82, 2.24) is 0 Å². The van der Waals surface area contributed by atoms with Crippen molar-refractivity contribution in [3.63, 3.8) is 0 Å². The summed E-state index contributed by atoms with van der Waals surface area (Å²) in [4.78, 5) is 10.8. The lowest BCUT2D eigenvalue weighted by Crippen LogP contribution is -2.25. The molecular weight excluding hydrogens is 412 g/mol. The van der Waals surface area contributed by atoms with Crippen molar-refractivity contribution in [2.75, 3.05) is 6.61 Å². The summed E-state index contributed by atoms with van der Waals surface area (Å²) in [5.74, 6) is 0.196. The van der Waals surface area contributed by atoms with Crippen LogP contribution in [0.4, 0.5) is 0 Å². The third-order valence-electron chi connectivity index (χ3n) is 3.40. The highest BCUT2D eigenvalue weighted by Gasteiger charge is 2.20. The fourth-order valence-corrected chi connectivity index (χ4v) is 2.88. The van der Waals surface area contributed by atoms with Crippen molar-refractivity contribution in [1.29, 1.82) is 0 Å². The molecule has 0 saturated carbocycles. The minimum absolute atomic E-state index is 0.139. The van der Waals surface area contributed by atoms with Gasteiger partial charge < -0.3 is 9.47 Å². The summed E-state index contributed by atoms with van der Waals surface area (Å²) in [6.07, 6.45) is 10.4. The van der Waals surface area contributed by atoms with Gasteiger partial charge in [0, 0.05) is 6.92 Å². The Labute approximate surface area is 150 Å². The van der Waals surface area contributed by atoms with E-state index < -0.39 is 0 Å². The van der Waals surface area contributed by atoms with Crippen LogP contribution in [0.1, 0.15) is 39.5 Å². The third-order valence-corrected chi connectivity index (χ3v) is 4.05. The van der Waals surface area contributed by atoms with Crippen LogP contribution < -0.4 is 0 Å². The Morgan fingerprint density at radius 3 is 2.91 bits per heavy atom. The lowest BCUT2D eigenvalue weighted by molar-refractivity contribution is -0.140. The summed E-state index contributed by atoms with van der Waals surface area (Å²) in [5.41, 5.74) is 0.955. The van der Waals surface area contributed by atoms with E-state index in [1.165, 1.54) is 6.92 Å². The van der Waals surface area contributed by atoms with Crippen LogP contribution in [0.5, 0.6) is 0 Å². The van der Waals surface area contributed by atoms with Crippen LogP contribution in [0.15, 0.2) is 33.8 Å². The first-order valence-electron chi connectivity index (χ1n) is 7.50. The minimum atomic E-state index is -0.261. The number of halogens is 2. The van der Waals surface area contributed by atoms with E-state index in [-0.39, 0.29) is 18.2 Å². The molecule has 0 aromatic carbocycles. The van der Waals surface area contributed by atoms with Gasteiger partial charge in [-0.1, -0.05) is 31.7 Å². The van der Waals surface area contributed by atoms with Crippen molar-refractivity contribution in [2.45, 2.75) is 51.7 Å². The van der Waals surface area contributed by atoms with Gasteiger partial charge in [-0.15, -0.1) is 0 Å². The number of hydrogen-bond donors (Lipinski definition) is 0. The van der Waals surface area contributed by atoms with E-state index in [0.29, 0.717) is 12.5 Å². The molecule has 124 valence electrons. The molecule has 0 aromatic rings. The molecule has 0 saturated heterocycles. The Morgan fingerprint density at radius 1 is 1.55 bits per heavy atom. The summed E-state index contributed by atoms with van der Waals surface area (Å²) in [7, 11) is 0. The molecule has 0 radical (unpaired) electrons. The van der Waals surface area contributed by atoms with E-state index in [1.807, 2.05) is 0 Å². The van der Waals surface area contributed by atoms with E-state index in [0.717, 1.165) is 34.6 Å². The molecule has 0 spiro atoms. The van der Waals surface area contributed by atoms with E-state index in [2.05, 4.69) is 63.6 Å². The maximum atomic E-state index is 10.8. The van der Waals surface area contributed by atoms with Crippen LogP contribution in [0, 0.1) is 5.92 Å². The average Bonchev–Trinajstić information content (AvgIpc) is 2.43. The molecule has 1 rings (SSSR count). The van der Waals surface area contributed by atoms with Gasteiger partial charge in [-0.05, 0) is 69.0 Å². The molecule has 3 nitrogen and oxygen atoms in total. The van der Waals surface area contributed by atoms with Gasteiger partial charge in [0.15, 0.2) is 0 Å². The summed E-state index contributed by atoms with van der Waals surface area (Å²) in [6, 6.07) is 0. The number of rotatable bonds is 8. The molecule has 0 fully saturated rings. The first-order valence-corrected chi connectivity index (χ1v) is 9.08. The highest BCUT2D eigenvalue weighted by molar-refractivity contribution is 9.28. The monoisotopic (exact) mass is 434 g/mol. The molecule has 0 aliphatic carbocycles. The van der Waals surface area contributed by atoms with Gasteiger partial charge in [0.1, 0.15) is 6.61 Å². The molecule has 1 aliphatic heterocycles. The first-order chi connectivity index (χ1) is 10.4. The molecule has 0 amide bonds. The van der Waals surface area contributed by atoms with E-state index in [9.17, 15) is 4.79 Å². The van der Waals surface area contributed by atoms with Gasteiger partial charge in [-0.3, -0.25) is 4.79 Å². The van der Waals surface area contributed by atoms with Crippen molar-refractivity contribution in [3.05, 3.63) is 33.8 Å². The van der Waals surface area contributed by atoms with Crippen molar-refractivity contribution in [2.24, 2.45) is 5.92 Å². The second-order valence-corrected chi connectivity index (χ2v) is 8.54. The Hall–Kier alpha value is -0.390. The molecule has 1 heterocycles. The molecule has 3 atom stereocenters. The highest BCUT2D eigenvalue weighted by atomic mass is 79.9. The van der Waals surface area contributed by atoms with Gasteiger partial charge in [0.25, 0.3) is 0 Å². The largest absolute Gasteiger partial charge is 0.461 e. The lowest BCUT2D eigenvalue weighted by atomic mass is 9.94.